The molecule has 0 aliphatic carbocycles. The summed E-state index contributed by atoms with van der Waals surface area (Å²) in [5.74, 6) is 0.574. The average molecular weight is 280 g/mol. The van der Waals surface area contributed by atoms with Gasteiger partial charge >= 0.3 is 0 Å². The van der Waals surface area contributed by atoms with E-state index in [0.29, 0.717) is 11.3 Å². The second-order valence-electron chi connectivity index (χ2n) is 9.09. The predicted octanol–water partition coefficient (Wildman–Crippen LogP) is 3.94. The van der Waals surface area contributed by atoms with Gasteiger partial charge in [-0.25, -0.2) is 0 Å². The molecule has 2 rings (SSSR count). The van der Waals surface area contributed by atoms with Crippen molar-refractivity contribution in [1.29, 1.82) is 0 Å². The van der Waals surface area contributed by atoms with Crippen molar-refractivity contribution in [3.63, 3.8) is 0 Å². The van der Waals surface area contributed by atoms with Crippen molar-refractivity contribution in [3.05, 3.63) is 0 Å². The molecule has 0 amide bonds. The molecular weight excluding hydrogens is 248 g/mol. The van der Waals surface area contributed by atoms with Crippen molar-refractivity contribution in [2.24, 2.45) is 21.9 Å². The topological polar surface area (TPSA) is 24.8 Å². The summed E-state index contributed by atoms with van der Waals surface area (Å²) in [5, 5.41) is 4.49. The zero-order valence-electron chi connectivity index (χ0n) is 14.4. The second kappa shape index (κ2) is 5.01. The third kappa shape index (κ3) is 3.36. The highest BCUT2D eigenvalue weighted by Gasteiger charge is 2.51. The molecule has 1 spiro atoms. The lowest BCUT2D eigenvalue weighted by molar-refractivity contribution is -0.110. The Morgan fingerprint density at radius 3 is 2.40 bits per heavy atom. The summed E-state index contributed by atoms with van der Waals surface area (Å²) in [6.45, 7) is 15.9. The minimum Gasteiger partial charge on any atom is -0.388 e. The largest absolute Gasteiger partial charge is 0.388 e. The van der Waals surface area contributed by atoms with Crippen LogP contribution in [0.25, 0.3) is 0 Å². The Balaban J connectivity index is 2.17. The molecule has 0 aromatic rings. The van der Waals surface area contributed by atoms with Gasteiger partial charge in [-0.1, -0.05) is 46.7 Å². The Kier molecular flexibility index (Phi) is 3.96. The van der Waals surface area contributed by atoms with Crippen molar-refractivity contribution in [2.75, 3.05) is 20.1 Å². The van der Waals surface area contributed by atoms with Gasteiger partial charge in [0.25, 0.3) is 0 Å². The number of hydrogen-bond acceptors (Lipinski definition) is 3. The van der Waals surface area contributed by atoms with Crippen LogP contribution in [-0.4, -0.2) is 36.3 Å². The van der Waals surface area contributed by atoms with Crippen molar-refractivity contribution in [2.45, 2.75) is 66.4 Å². The van der Waals surface area contributed by atoms with E-state index in [0.717, 1.165) is 25.9 Å². The van der Waals surface area contributed by atoms with E-state index < -0.39 is 0 Å². The normalized spacial score (nSPS) is 32.4. The van der Waals surface area contributed by atoms with Crippen molar-refractivity contribution >= 4 is 5.71 Å². The molecule has 0 saturated carbocycles. The van der Waals surface area contributed by atoms with Crippen LogP contribution in [0.1, 0.15) is 60.8 Å². The first kappa shape index (κ1) is 15.8. The van der Waals surface area contributed by atoms with E-state index in [-0.39, 0.29) is 11.0 Å². The van der Waals surface area contributed by atoms with Crippen LogP contribution >= 0.6 is 0 Å². The standard InChI is InChI=1S/C17H32N2O/c1-15(2,3)10-13-12-19(7)9-8-17(13)11-14(18-20-17)16(4,5)6/h13H,8-12H2,1-7H3. The molecule has 0 aromatic heterocycles. The first-order valence-corrected chi connectivity index (χ1v) is 7.96. The van der Waals surface area contributed by atoms with Gasteiger partial charge in [-0.2, -0.15) is 0 Å². The lowest BCUT2D eigenvalue weighted by Crippen LogP contribution is -2.52. The Morgan fingerprint density at radius 1 is 1.25 bits per heavy atom. The van der Waals surface area contributed by atoms with Gasteiger partial charge in [0.2, 0.25) is 0 Å². The minimum atomic E-state index is -0.0393. The fourth-order valence-corrected chi connectivity index (χ4v) is 3.46. The van der Waals surface area contributed by atoms with Crippen LogP contribution in [0.15, 0.2) is 5.16 Å². The maximum Gasteiger partial charge on any atom is 0.148 e. The molecule has 1 fully saturated rings. The van der Waals surface area contributed by atoms with Gasteiger partial charge in [-0.05, 0) is 18.9 Å². The maximum absolute atomic E-state index is 6.09. The SMILES string of the molecule is CN1CCC2(CC(C(C)(C)C)=NO2)C(CC(C)(C)C)C1. The van der Waals surface area contributed by atoms with Gasteiger partial charge in [0.05, 0.1) is 5.71 Å². The molecule has 20 heavy (non-hydrogen) atoms. The fraction of sp³-hybridized carbons (Fsp3) is 0.941. The first-order valence-electron chi connectivity index (χ1n) is 7.96. The molecule has 2 atom stereocenters. The van der Waals surface area contributed by atoms with Crippen LogP contribution in [-0.2, 0) is 4.84 Å². The van der Waals surface area contributed by atoms with Crippen molar-refractivity contribution in [3.8, 4) is 0 Å². The minimum absolute atomic E-state index is 0.0393. The summed E-state index contributed by atoms with van der Waals surface area (Å²) >= 11 is 0. The summed E-state index contributed by atoms with van der Waals surface area (Å²) in [5.41, 5.74) is 1.66. The predicted molar refractivity (Wildman–Crippen MR) is 85.0 cm³/mol. The van der Waals surface area contributed by atoms with Crippen molar-refractivity contribution in [1.82, 2.24) is 4.90 Å². The van der Waals surface area contributed by atoms with Gasteiger partial charge in [-0.15, -0.1) is 0 Å². The second-order valence-corrected chi connectivity index (χ2v) is 9.09. The zero-order valence-corrected chi connectivity index (χ0v) is 14.4. The highest BCUT2D eigenvalue weighted by Crippen LogP contribution is 2.45. The number of rotatable bonds is 1. The first-order chi connectivity index (χ1) is 9.02. The lowest BCUT2D eigenvalue weighted by Gasteiger charge is -2.45. The molecule has 1 saturated heterocycles. The smallest absolute Gasteiger partial charge is 0.148 e. The molecule has 2 heterocycles. The fourth-order valence-electron chi connectivity index (χ4n) is 3.46. The number of nitrogens with zero attached hydrogens (tertiary/aromatic N) is 2. The number of likely N-dealkylation sites (tertiary alicyclic amines) is 1. The van der Waals surface area contributed by atoms with Crippen LogP contribution in [0.4, 0.5) is 0 Å². The molecule has 2 aliphatic rings. The maximum atomic E-state index is 6.09. The quantitative estimate of drug-likeness (QED) is 0.727. The highest BCUT2D eigenvalue weighted by molar-refractivity contribution is 5.90. The summed E-state index contributed by atoms with van der Waals surface area (Å²) in [6, 6.07) is 0. The summed E-state index contributed by atoms with van der Waals surface area (Å²) in [7, 11) is 2.23. The van der Waals surface area contributed by atoms with Gasteiger partial charge in [0, 0.05) is 37.3 Å². The molecule has 0 bridgehead atoms. The van der Waals surface area contributed by atoms with Gasteiger partial charge in [0.15, 0.2) is 0 Å². The van der Waals surface area contributed by atoms with E-state index in [2.05, 4.69) is 58.6 Å². The molecule has 116 valence electrons. The summed E-state index contributed by atoms with van der Waals surface area (Å²) in [6.07, 6.45) is 3.32. The van der Waals surface area contributed by atoms with Crippen LogP contribution < -0.4 is 0 Å². The highest BCUT2D eigenvalue weighted by atomic mass is 16.7. The van der Waals surface area contributed by atoms with Gasteiger partial charge in [-0.3, -0.25) is 0 Å². The van der Waals surface area contributed by atoms with E-state index >= 15 is 0 Å². The molecule has 0 N–H and O–H groups in total. The molecule has 0 radical (unpaired) electrons. The van der Waals surface area contributed by atoms with Crippen LogP contribution in [0, 0.1) is 16.7 Å². The summed E-state index contributed by atoms with van der Waals surface area (Å²) < 4.78 is 0. The Bertz CT molecular complexity index is 389. The monoisotopic (exact) mass is 280 g/mol. The summed E-state index contributed by atoms with van der Waals surface area (Å²) in [4.78, 5) is 8.53. The zero-order chi connectivity index (χ0) is 15.2. The number of oxime groups is 1. The van der Waals surface area contributed by atoms with Crippen LogP contribution in [0.3, 0.4) is 0 Å². The van der Waals surface area contributed by atoms with Gasteiger partial charge in [0.1, 0.15) is 5.60 Å². The Hall–Kier alpha value is -0.570. The van der Waals surface area contributed by atoms with E-state index in [1.54, 1.807) is 0 Å². The van der Waals surface area contributed by atoms with Crippen LogP contribution in [0.5, 0.6) is 0 Å². The Labute approximate surface area is 124 Å². The van der Waals surface area contributed by atoms with E-state index in [9.17, 15) is 0 Å². The third-order valence-electron chi connectivity index (χ3n) is 4.72. The average Bonchev–Trinajstić information content (AvgIpc) is 2.67. The molecule has 2 unspecified atom stereocenters. The van der Waals surface area contributed by atoms with E-state index in [1.165, 1.54) is 12.1 Å². The molecule has 3 heteroatoms. The van der Waals surface area contributed by atoms with E-state index in [4.69, 9.17) is 4.84 Å². The van der Waals surface area contributed by atoms with E-state index in [1.807, 2.05) is 0 Å². The Morgan fingerprint density at radius 2 is 1.90 bits per heavy atom. The molecule has 2 aliphatic heterocycles. The molecule has 0 aromatic carbocycles. The molecule has 3 nitrogen and oxygen atoms in total. The lowest BCUT2D eigenvalue weighted by atomic mass is 9.69. The van der Waals surface area contributed by atoms with Crippen molar-refractivity contribution < 1.29 is 4.84 Å². The van der Waals surface area contributed by atoms with Gasteiger partial charge < -0.3 is 9.74 Å². The third-order valence-corrected chi connectivity index (χ3v) is 4.72. The van der Waals surface area contributed by atoms with Crippen LogP contribution in [0.2, 0.25) is 0 Å². The number of hydrogen-bond donors (Lipinski definition) is 0. The molecular formula is C17H32N2O. The number of piperidine rings is 1.